The highest BCUT2D eigenvalue weighted by atomic mass is 16.6. The van der Waals surface area contributed by atoms with Crippen molar-refractivity contribution in [1.82, 2.24) is 9.97 Å². The summed E-state index contributed by atoms with van der Waals surface area (Å²) in [7, 11) is 0. The van der Waals surface area contributed by atoms with E-state index >= 15 is 0 Å². The van der Waals surface area contributed by atoms with E-state index in [1.54, 1.807) is 18.2 Å². The van der Waals surface area contributed by atoms with Crippen molar-refractivity contribution in [2.24, 2.45) is 5.73 Å². The number of nitrogens with one attached hydrogen (secondary N) is 1. The number of carbonyl (C=O) groups is 1. The van der Waals surface area contributed by atoms with Crippen LogP contribution in [0.3, 0.4) is 0 Å². The van der Waals surface area contributed by atoms with Crippen molar-refractivity contribution < 1.29 is 9.72 Å². The lowest BCUT2D eigenvalue weighted by atomic mass is 10.1. The fraction of sp³-hybridized carbons (Fsp3) is 0.118. The molecule has 3 rings (SSSR count). The molecule has 0 fully saturated rings. The van der Waals surface area contributed by atoms with Crippen molar-refractivity contribution in [2.45, 2.75) is 6.42 Å². The molecule has 0 radical (unpaired) electrons. The summed E-state index contributed by atoms with van der Waals surface area (Å²) in [6, 6.07) is 11.5. The van der Waals surface area contributed by atoms with E-state index in [2.05, 4.69) is 15.3 Å². The van der Waals surface area contributed by atoms with Crippen LogP contribution in [-0.4, -0.2) is 27.3 Å². The third-order valence-electron chi connectivity index (χ3n) is 3.77. The van der Waals surface area contributed by atoms with Gasteiger partial charge in [0, 0.05) is 29.6 Å². The first-order valence-corrected chi connectivity index (χ1v) is 7.56. The SMILES string of the molecule is NC(=O)c1ccc(CCNc2ncnc3ccc([N+](=O)[O-])cc23)cc1. The maximum absolute atomic E-state index is 11.1. The largest absolute Gasteiger partial charge is 0.369 e. The third kappa shape index (κ3) is 3.69. The summed E-state index contributed by atoms with van der Waals surface area (Å²) < 4.78 is 0. The van der Waals surface area contributed by atoms with Crippen molar-refractivity contribution in [3.63, 3.8) is 0 Å². The standard InChI is InChI=1S/C17H15N5O3/c18-16(23)12-3-1-11(2-4-12)7-8-19-17-14-9-13(22(24)25)5-6-15(14)20-10-21-17/h1-6,9-10H,7-8H2,(H2,18,23)(H,19,20,21). The van der Waals surface area contributed by atoms with Crippen molar-refractivity contribution in [3.8, 4) is 0 Å². The van der Waals surface area contributed by atoms with Crippen LogP contribution in [0.4, 0.5) is 11.5 Å². The van der Waals surface area contributed by atoms with Gasteiger partial charge in [-0.2, -0.15) is 0 Å². The number of carbonyl (C=O) groups excluding carboxylic acids is 1. The summed E-state index contributed by atoms with van der Waals surface area (Å²) in [5, 5.41) is 14.7. The molecular formula is C17H15N5O3. The number of nitro benzene ring substituents is 1. The lowest BCUT2D eigenvalue weighted by Crippen LogP contribution is -2.11. The Kier molecular flexibility index (Phi) is 4.51. The zero-order valence-electron chi connectivity index (χ0n) is 13.2. The van der Waals surface area contributed by atoms with Gasteiger partial charge < -0.3 is 11.1 Å². The molecule has 0 aliphatic carbocycles. The Hall–Kier alpha value is -3.55. The van der Waals surface area contributed by atoms with Gasteiger partial charge in [-0.25, -0.2) is 9.97 Å². The molecule has 0 aliphatic heterocycles. The first-order valence-electron chi connectivity index (χ1n) is 7.56. The van der Waals surface area contributed by atoms with Crippen LogP contribution in [0.15, 0.2) is 48.8 Å². The highest BCUT2D eigenvalue weighted by Gasteiger charge is 2.10. The Morgan fingerprint density at radius 2 is 1.92 bits per heavy atom. The molecule has 8 nitrogen and oxygen atoms in total. The number of fused-ring (bicyclic) bond motifs is 1. The molecule has 0 spiro atoms. The van der Waals surface area contributed by atoms with Crippen LogP contribution in [0, 0.1) is 10.1 Å². The van der Waals surface area contributed by atoms with Crippen molar-refractivity contribution >= 4 is 28.3 Å². The summed E-state index contributed by atoms with van der Waals surface area (Å²) in [5.41, 5.74) is 7.33. The monoisotopic (exact) mass is 337 g/mol. The number of primary amides is 1. The zero-order valence-corrected chi connectivity index (χ0v) is 13.2. The number of nitrogens with zero attached hydrogens (tertiary/aromatic N) is 3. The molecule has 1 amide bonds. The number of rotatable bonds is 6. The van der Waals surface area contributed by atoms with E-state index in [-0.39, 0.29) is 5.69 Å². The van der Waals surface area contributed by atoms with Crippen LogP contribution < -0.4 is 11.1 Å². The zero-order chi connectivity index (χ0) is 17.8. The van der Waals surface area contributed by atoms with Crippen LogP contribution in [-0.2, 0) is 6.42 Å². The number of anilines is 1. The molecule has 0 bridgehead atoms. The number of amides is 1. The van der Waals surface area contributed by atoms with Gasteiger partial charge in [0.2, 0.25) is 5.91 Å². The lowest BCUT2D eigenvalue weighted by molar-refractivity contribution is -0.384. The maximum atomic E-state index is 11.1. The van der Waals surface area contributed by atoms with E-state index in [0.717, 1.165) is 5.56 Å². The molecule has 0 saturated heterocycles. The van der Waals surface area contributed by atoms with Gasteiger partial charge in [-0.3, -0.25) is 14.9 Å². The topological polar surface area (TPSA) is 124 Å². The van der Waals surface area contributed by atoms with E-state index < -0.39 is 10.8 Å². The molecule has 3 aromatic rings. The second-order valence-corrected chi connectivity index (χ2v) is 5.42. The van der Waals surface area contributed by atoms with Gasteiger partial charge in [-0.15, -0.1) is 0 Å². The van der Waals surface area contributed by atoms with Gasteiger partial charge in [0.05, 0.1) is 10.4 Å². The summed E-state index contributed by atoms with van der Waals surface area (Å²) in [6.07, 6.45) is 2.11. The van der Waals surface area contributed by atoms with Crippen LogP contribution in [0.2, 0.25) is 0 Å². The number of hydrogen-bond donors (Lipinski definition) is 2. The van der Waals surface area contributed by atoms with Crippen molar-refractivity contribution in [3.05, 3.63) is 70.0 Å². The first kappa shape index (κ1) is 16.3. The Morgan fingerprint density at radius 3 is 2.60 bits per heavy atom. The molecule has 0 aliphatic rings. The third-order valence-corrected chi connectivity index (χ3v) is 3.77. The highest BCUT2D eigenvalue weighted by molar-refractivity contribution is 5.92. The lowest BCUT2D eigenvalue weighted by Gasteiger charge is -2.08. The van der Waals surface area contributed by atoms with Gasteiger partial charge in [0.15, 0.2) is 0 Å². The van der Waals surface area contributed by atoms with Crippen LogP contribution >= 0.6 is 0 Å². The Balaban J connectivity index is 1.73. The summed E-state index contributed by atoms with van der Waals surface area (Å²) >= 11 is 0. The van der Waals surface area contributed by atoms with Gasteiger partial charge in [0.1, 0.15) is 12.1 Å². The quantitative estimate of drug-likeness (QED) is 0.525. The fourth-order valence-corrected chi connectivity index (χ4v) is 2.46. The minimum Gasteiger partial charge on any atom is -0.369 e. The van der Waals surface area contributed by atoms with E-state index in [1.807, 2.05) is 12.1 Å². The minimum atomic E-state index is -0.460. The molecule has 126 valence electrons. The number of benzene rings is 2. The molecule has 0 unspecified atom stereocenters. The second kappa shape index (κ2) is 6.91. The predicted molar refractivity (Wildman–Crippen MR) is 93.3 cm³/mol. The Morgan fingerprint density at radius 1 is 1.16 bits per heavy atom. The molecule has 1 aromatic heterocycles. The summed E-state index contributed by atoms with van der Waals surface area (Å²) in [4.78, 5) is 29.8. The molecule has 8 heteroatoms. The van der Waals surface area contributed by atoms with Gasteiger partial charge >= 0.3 is 0 Å². The number of nitro groups is 1. The van der Waals surface area contributed by atoms with Crippen molar-refractivity contribution in [1.29, 1.82) is 0 Å². The molecular weight excluding hydrogens is 322 g/mol. The smallest absolute Gasteiger partial charge is 0.270 e. The molecule has 0 atom stereocenters. The van der Waals surface area contributed by atoms with Gasteiger partial charge in [-0.1, -0.05) is 12.1 Å². The molecule has 2 aromatic carbocycles. The van der Waals surface area contributed by atoms with Crippen LogP contribution in [0.5, 0.6) is 0 Å². The molecule has 3 N–H and O–H groups in total. The Labute approximate surface area is 142 Å². The van der Waals surface area contributed by atoms with Gasteiger partial charge in [0.25, 0.3) is 5.69 Å². The summed E-state index contributed by atoms with van der Waals surface area (Å²) in [6.45, 7) is 0.574. The van der Waals surface area contributed by atoms with E-state index in [4.69, 9.17) is 5.73 Å². The molecule has 1 heterocycles. The van der Waals surface area contributed by atoms with E-state index in [9.17, 15) is 14.9 Å². The summed E-state index contributed by atoms with van der Waals surface area (Å²) in [5.74, 6) is 0.0844. The molecule has 25 heavy (non-hydrogen) atoms. The predicted octanol–water partition coefficient (Wildman–Crippen LogP) is 2.29. The number of hydrogen-bond acceptors (Lipinski definition) is 6. The fourth-order valence-electron chi connectivity index (χ4n) is 2.46. The number of nitrogens with two attached hydrogens (primary N) is 1. The second-order valence-electron chi connectivity index (χ2n) is 5.42. The minimum absolute atomic E-state index is 0.00705. The Bertz CT molecular complexity index is 941. The van der Waals surface area contributed by atoms with E-state index in [0.29, 0.717) is 35.2 Å². The first-order chi connectivity index (χ1) is 12.0. The average Bonchev–Trinajstić information content (AvgIpc) is 2.62. The van der Waals surface area contributed by atoms with Gasteiger partial charge in [-0.05, 0) is 30.2 Å². The van der Waals surface area contributed by atoms with E-state index in [1.165, 1.54) is 18.5 Å². The highest BCUT2D eigenvalue weighted by Crippen LogP contribution is 2.24. The van der Waals surface area contributed by atoms with Crippen LogP contribution in [0.1, 0.15) is 15.9 Å². The normalized spacial score (nSPS) is 10.6. The maximum Gasteiger partial charge on any atom is 0.270 e. The van der Waals surface area contributed by atoms with Crippen molar-refractivity contribution in [2.75, 3.05) is 11.9 Å². The molecule has 0 saturated carbocycles. The van der Waals surface area contributed by atoms with Crippen LogP contribution in [0.25, 0.3) is 10.9 Å². The number of non-ortho nitro benzene ring substituents is 1. The average molecular weight is 337 g/mol. The number of aromatic nitrogens is 2.